The Morgan fingerprint density at radius 1 is 1.12 bits per heavy atom. The van der Waals surface area contributed by atoms with E-state index in [0.717, 1.165) is 0 Å². The summed E-state index contributed by atoms with van der Waals surface area (Å²) in [5.74, 6) is -0.463. The second-order valence-electron chi connectivity index (χ2n) is 7.64. The lowest BCUT2D eigenvalue weighted by Gasteiger charge is -2.21. The summed E-state index contributed by atoms with van der Waals surface area (Å²) in [6, 6.07) is 19.2. The number of nitrogen functional groups attached to an aromatic ring is 1. The zero-order chi connectivity index (χ0) is 23.1. The topological polar surface area (TPSA) is 103 Å². The molecule has 0 saturated carbocycles. The summed E-state index contributed by atoms with van der Waals surface area (Å²) in [6.45, 7) is 1.80. The molecule has 0 fully saturated rings. The van der Waals surface area contributed by atoms with Crippen LogP contribution in [0.2, 0.25) is 5.02 Å². The molecule has 1 atom stereocenters. The molecule has 0 saturated heterocycles. The number of anilines is 1. The Morgan fingerprint density at radius 3 is 2.70 bits per heavy atom. The van der Waals surface area contributed by atoms with E-state index in [4.69, 9.17) is 21.8 Å². The largest absolute Gasteiger partial charge is 0.438 e. The molecule has 7 nitrogen and oxygen atoms in total. The van der Waals surface area contributed by atoms with Gasteiger partial charge in [0.15, 0.2) is 5.58 Å². The first-order valence-electron chi connectivity index (χ1n) is 10.3. The predicted molar refractivity (Wildman–Crippen MR) is 129 cm³/mol. The first-order chi connectivity index (χ1) is 16.0. The van der Waals surface area contributed by atoms with Crippen molar-refractivity contribution in [3.05, 3.63) is 99.6 Å². The highest BCUT2D eigenvalue weighted by atomic mass is 35.5. The number of para-hydroxylation sites is 1. The molecule has 1 amide bonds. The number of nitrogens with two attached hydrogens (primary N) is 1. The number of halogens is 1. The quantitative estimate of drug-likeness (QED) is 0.400. The number of pyridine rings is 2. The van der Waals surface area contributed by atoms with Crippen molar-refractivity contribution in [3.8, 4) is 5.69 Å². The van der Waals surface area contributed by atoms with Gasteiger partial charge in [0, 0.05) is 17.6 Å². The average Bonchev–Trinajstić information content (AvgIpc) is 3.15. The van der Waals surface area contributed by atoms with Crippen LogP contribution in [0.25, 0.3) is 27.6 Å². The van der Waals surface area contributed by atoms with Crippen LogP contribution in [0.5, 0.6) is 0 Å². The zero-order valence-corrected chi connectivity index (χ0v) is 18.3. The fourth-order valence-corrected chi connectivity index (χ4v) is 4.27. The molecule has 0 spiro atoms. The third kappa shape index (κ3) is 3.52. The molecule has 5 rings (SSSR count). The number of nitrogens with zero attached hydrogens (tertiary/aromatic N) is 2. The number of aromatic nitrogens is 2. The Morgan fingerprint density at radius 2 is 1.91 bits per heavy atom. The molecule has 8 heteroatoms. The molecule has 164 valence electrons. The molecule has 2 aromatic carbocycles. The number of fused-ring (bicyclic) bond motifs is 2. The fourth-order valence-electron chi connectivity index (χ4n) is 4.01. The van der Waals surface area contributed by atoms with Crippen molar-refractivity contribution in [3.63, 3.8) is 0 Å². The van der Waals surface area contributed by atoms with Gasteiger partial charge in [-0.15, -0.1) is 0 Å². The van der Waals surface area contributed by atoms with Gasteiger partial charge >= 0.3 is 0 Å². The molecule has 0 unspecified atom stereocenters. The third-order valence-electron chi connectivity index (χ3n) is 5.53. The van der Waals surface area contributed by atoms with E-state index in [-0.39, 0.29) is 17.0 Å². The maximum Gasteiger partial charge on any atom is 0.264 e. The molecule has 3 aromatic heterocycles. The van der Waals surface area contributed by atoms with E-state index < -0.39 is 11.9 Å². The standard InChI is InChI=1S/C25H19ClN4O3/c1-14(29-24(31)21-22-19(33-23(21)27)11-6-12-28-22)18-13-15-7-5-10-17(26)20(15)25(32)30(18)16-8-3-2-4-9-16/h2-14H,27H2,1H3,(H,29,31)/t14-/m0/s1. The van der Waals surface area contributed by atoms with Crippen molar-refractivity contribution in [1.82, 2.24) is 14.9 Å². The highest BCUT2D eigenvalue weighted by Crippen LogP contribution is 2.28. The first kappa shape index (κ1) is 20.8. The van der Waals surface area contributed by atoms with Gasteiger partial charge in [0.2, 0.25) is 5.88 Å². The third-order valence-corrected chi connectivity index (χ3v) is 5.85. The second kappa shape index (κ2) is 8.11. The van der Waals surface area contributed by atoms with Gasteiger partial charge in [-0.2, -0.15) is 0 Å². The Bertz CT molecular complexity index is 1570. The van der Waals surface area contributed by atoms with Gasteiger partial charge in [0.05, 0.1) is 16.5 Å². The van der Waals surface area contributed by atoms with Crippen molar-refractivity contribution in [2.24, 2.45) is 0 Å². The number of hydrogen-bond acceptors (Lipinski definition) is 5. The number of rotatable bonds is 4. The van der Waals surface area contributed by atoms with Crippen LogP contribution in [0, 0.1) is 0 Å². The molecule has 5 aromatic rings. The van der Waals surface area contributed by atoms with Gasteiger partial charge in [-0.3, -0.25) is 19.1 Å². The van der Waals surface area contributed by atoms with Gasteiger partial charge in [-0.05, 0) is 48.7 Å². The van der Waals surface area contributed by atoms with Crippen LogP contribution in [-0.4, -0.2) is 15.5 Å². The Hall–Kier alpha value is -4.10. The summed E-state index contributed by atoms with van der Waals surface area (Å²) in [5.41, 5.74) is 7.92. The van der Waals surface area contributed by atoms with Gasteiger partial charge in [0.1, 0.15) is 11.1 Å². The predicted octanol–water partition coefficient (Wildman–Crippen LogP) is 4.86. The molecular weight excluding hydrogens is 440 g/mol. The lowest BCUT2D eigenvalue weighted by molar-refractivity contribution is 0.0940. The van der Waals surface area contributed by atoms with E-state index in [1.54, 1.807) is 42.0 Å². The van der Waals surface area contributed by atoms with E-state index in [1.807, 2.05) is 42.5 Å². The molecule has 3 heterocycles. The smallest absolute Gasteiger partial charge is 0.264 e. The molecule has 0 aliphatic rings. The summed E-state index contributed by atoms with van der Waals surface area (Å²) >= 11 is 6.36. The van der Waals surface area contributed by atoms with E-state index in [9.17, 15) is 9.59 Å². The van der Waals surface area contributed by atoms with E-state index in [1.165, 1.54) is 0 Å². The second-order valence-corrected chi connectivity index (χ2v) is 8.04. The number of amides is 1. The van der Waals surface area contributed by atoms with Crippen molar-refractivity contribution >= 4 is 45.3 Å². The fraction of sp³-hybridized carbons (Fsp3) is 0.0800. The number of furan rings is 1. The summed E-state index contributed by atoms with van der Waals surface area (Å²) < 4.78 is 7.04. The van der Waals surface area contributed by atoms with Gasteiger partial charge in [-0.1, -0.05) is 41.9 Å². The molecule has 0 aliphatic carbocycles. The minimum Gasteiger partial charge on any atom is -0.438 e. The Labute approximate surface area is 193 Å². The van der Waals surface area contributed by atoms with Crippen LogP contribution in [0.3, 0.4) is 0 Å². The lowest BCUT2D eigenvalue weighted by Crippen LogP contribution is -2.32. The van der Waals surface area contributed by atoms with E-state index >= 15 is 0 Å². The van der Waals surface area contributed by atoms with Gasteiger partial charge < -0.3 is 15.5 Å². The van der Waals surface area contributed by atoms with Crippen LogP contribution < -0.4 is 16.6 Å². The van der Waals surface area contributed by atoms with Crippen LogP contribution in [0.15, 0.2) is 82.1 Å². The molecule has 3 N–H and O–H groups in total. The first-order valence-corrected chi connectivity index (χ1v) is 10.7. The zero-order valence-electron chi connectivity index (χ0n) is 17.6. The van der Waals surface area contributed by atoms with Crippen LogP contribution in [0.4, 0.5) is 5.88 Å². The van der Waals surface area contributed by atoms with E-state index in [0.29, 0.717) is 38.3 Å². The van der Waals surface area contributed by atoms with Crippen LogP contribution in [-0.2, 0) is 0 Å². The summed E-state index contributed by atoms with van der Waals surface area (Å²) in [6.07, 6.45) is 1.57. The number of nitrogens with one attached hydrogen (secondary N) is 1. The number of hydrogen-bond donors (Lipinski definition) is 2. The lowest BCUT2D eigenvalue weighted by atomic mass is 10.1. The van der Waals surface area contributed by atoms with Crippen molar-refractivity contribution in [1.29, 1.82) is 0 Å². The van der Waals surface area contributed by atoms with Crippen molar-refractivity contribution < 1.29 is 9.21 Å². The summed E-state index contributed by atoms with van der Waals surface area (Å²) in [7, 11) is 0. The van der Waals surface area contributed by atoms with Crippen molar-refractivity contribution in [2.75, 3.05) is 5.73 Å². The minimum atomic E-state index is -0.554. The number of carbonyl (C=O) groups excluding carboxylic acids is 1. The Kier molecular flexibility index (Phi) is 5.11. The normalized spacial score (nSPS) is 12.2. The molecular formula is C25H19ClN4O3. The van der Waals surface area contributed by atoms with Gasteiger partial charge in [-0.25, -0.2) is 0 Å². The van der Waals surface area contributed by atoms with Gasteiger partial charge in [0.25, 0.3) is 11.5 Å². The highest BCUT2D eigenvalue weighted by molar-refractivity contribution is 6.35. The average molecular weight is 459 g/mol. The summed E-state index contributed by atoms with van der Waals surface area (Å²) in [4.78, 5) is 30.9. The SMILES string of the molecule is C[C@H](NC(=O)c1c(N)oc2cccnc12)c1cc2cccc(Cl)c2c(=O)n1-c1ccccc1. The monoisotopic (exact) mass is 458 g/mol. The number of benzene rings is 2. The maximum atomic E-state index is 13.5. The molecule has 0 bridgehead atoms. The molecule has 33 heavy (non-hydrogen) atoms. The van der Waals surface area contributed by atoms with Crippen LogP contribution in [0.1, 0.15) is 29.0 Å². The number of carbonyl (C=O) groups is 1. The minimum absolute atomic E-state index is 0.0147. The summed E-state index contributed by atoms with van der Waals surface area (Å²) in [5, 5.41) is 4.41. The molecule has 0 radical (unpaired) electrons. The molecule has 0 aliphatic heterocycles. The maximum absolute atomic E-state index is 13.5. The van der Waals surface area contributed by atoms with Crippen molar-refractivity contribution in [2.45, 2.75) is 13.0 Å². The Balaban J connectivity index is 1.64. The van der Waals surface area contributed by atoms with E-state index in [2.05, 4.69) is 10.3 Å². The highest BCUT2D eigenvalue weighted by Gasteiger charge is 2.24. The van der Waals surface area contributed by atoms with Crippen LogP contribution >= 0.6 is 11.6 Å².